The van der Waals surface area contributed by atoms with E-state index in [9.17, 15) is 4.79 Å². The molecule has 1 aromatic heterocycles. The summed E-state index contributed by atoms with van der Waals surface area (Å²) in [5.74, 6) is 2.50. The Labute approximate surface area is 159 Å². The quantitative estimate of drug-likeness (QED) is 0.817. The van der Waals surface area contributed by atoms with Crippen molar-refractivity contribution in [2.24, 2.45) is 5.92 Å². The molecule has 1 saturated heterocycles. The maximum Gasteiger partial charge on any atom is 0.227 e. The fourth-order valence-electron chi connectivity index (χ4n) is 3.34. The summed E-state index contributed by atoms with van der Waals surface area (Å²) in [7, 11) is 1.65. The van der Waals surface area contributed by atoms with Crippen molar-refractivity contribution in [2.75, 3.05) is 30.4 Å². The Morgan fingerprint density at radius 1 is 1.15 bits per heavy atom. The first-order valence-corrected chi connectivity index (χ1v) is 9.51. The lowest BCUT2D eigenvalue weighted by atomic mass is 9.96. The third kappa shape index (κ3) is 4.30. The van der Waals surface area contributed by atoms with Gasteiger partial charge in [-0.1, -0.05) is 12.1 Å². The third-order valence-corrected chi connectivity index (χ3v) is 5.08. The van der Waals surface area contributed by atoms with Gasteiger partial charge in [-0.05, 0) is 43.9 Å². The van der Waals surface area contributed by atoms with Gasteiger partial charge in [0.25, 0.3) is 0 Å². The van der Waals surface area contributed by atoms with Crippen molar-refractivity contribution < 1.29 is 9.53 Å². The van der Waals surface area contributed by atoms with E-state index in [4.69, 9.17) is 4.74 Å². The van der Waals surface area contributed by atoms with Crippen molar-refractivity contribution in [2.45, 2.75) is 31.7 Å². The van der Waals surface area contributed by atoms with E-state index < -0.39 is 0 Å². The van der Waals surface area contributed by atoms with Crippen LogP contribution in [-0.2, 0) is 4.79 Å². The highest BCUT2D eigenvalue weighted by atomic mass is 16.5. The van der Waals surface area contributed by atoms with E-state index >= 15 is 0 Å². The van der Waals surface area contributed by atoms with Gasteiger partial charge in [-0.3, -0.25) is 4.79 Å². The third-order valence-electron chi connectivity index (χ3n) is 5.08. The molecule has 2 fully saturated rings. The minimum Gasteiger partial charge on any atom is -0.495 e. The zero-order valence-corrected chi connectivity index (χ0v) is 15.5. The van der Waals surface area contributed by atoms with Crippen LogP contribution in [0.4, 0.5) is 17.5 Å². The van der Waals surface area contributed by atoms with Gasteiger partial charge >= 0.3 is 0 Å². The second kappa shape index (κ2) is 7.82. The summed E-state index contributed by atoms with van der Waals surface area (Å²) in [6, 6.07) is 10.00. The Morgan fingerprint density at radius 3 is 2.67 bits per heavy atom. The molecule has 2 aliphatic rings. The molecule has 1 saturated carbocycles. The monoisotopic (exact) mass is 367 g/mol. The summed E-state index contributed by atoms with van der Waals surface area (Å²) in [5, 5.41) is 6.41. The first kappa shape index (κ1) is 17.6. The van der Waals surface area contributed by atoms with E-state index in [1.54, 1.807) is 13.3 Å². The van der Waals surface area contributed by atoms with E-state index in [0.717, 1.165) is 56.0 Å². The predicted octanol–water partition coefficient (Wildman–Crippen LogP) is 2.72. The fraction of sp³-hybridized carbons (Fsp3) is 0.450. The highest BCUT2D eigenvalue weighted by Crippen LogP contribution is 2.28. The molecule has 142 valence electrons. The van der Waals surface area contributed by atoms with E-state index in [2.05, 4.69) is 25.5 Å². The van der Waals surface area contributed by atoms with Crippen molar-refractivity contribution in [1.29, 1.82) is 0 Å². The van der Waals surface area contributed by atoms with Crippen molar-refractivity contribution in [1.82, 2.24) is 15.3 Å². The topological polar surface area (TPSA) is 79.4 Å². The molecule has 1 aliphatic heterocycles. The number of nitrogens with one attached hydrogen (secondary N) is 2. The summed E-state index contributed by atoms with van der Waals surface area (Å²) >= 11 is 0. The summed E-state index contributed by atoms with van der Waals surface area (Å²) in [5.41, 5.74) is 0.861. The Balaban J connectivity index is 1.38. The van der Waals surface area contributed by atoms with E-state index in [0.29, 0.717) is 12.0 Å². The minimum absolute atomic E-state index is 0.108. The molecule has 7 heteroatoms. The zero-order valence-electron chi connectivity index (χ0n) is 15.5. The van der Waals surface area contributed by atoms with Crippen LogP contribution in [0, 0.1) is 5.92 Å². The number of benzene rings is 1. The number of carbonyl (C=O) groups excluding carboxylic acids is 1. The average Bonchev–Trinajstić information content (AvgIpc) is 3.53. The van der Waals surface area contributed by atoms with Crippen LogP contribution in [0.2, 0.25) is 0 Å². The molecular weight excluding hydrogens is 342 g/mol. The van der Waals surface area contributed by atoms with Crippen molar-refractivity contribution in [3.8, 4) is 5.75 Å². The fourth-order valence-corrected chi connectivity index (χ4v) is 3.34. The number of carbonyl (C=O) groups is 1. The van der Waals surface area contributed by atoms with Crippen molar-refractivity contribution in [3.05, 3.63) is 36.5 Å². The van der Waals surface area contributed by atoms with Gasteiger partial charge in [0.05, 0.1) is 12.8 Å². The molecule has 0 unspecified atom stereocenters. The van der Waals surface area contributed by atoms with Gasteiger partial charge in [0.2, 0.25) is 11.9 Å². The minimum atomic E-state index is 0.108. The van der Waals surface area contributed by atoms with Gasteiger partial charge in [0, 0.05) is 31.2 Å². The van der Waals surface area contributed by atoms with Crippen LogP contribution in [0.25, 0.3) is 0 Å². The number of hydrogen-bond acceptors (Lipinski definition) is 6. The van der Waals surface area contributed by atoms with Gasteiger partial charge in [-0.25, -0.2) is 4.98 Å². The van der Waals surface area contributed by atoms with Crippen LogP contribution in [0.1, 0.15) is 25.7 Å². The molecule has 2 aromatic rings. The van der Waals surface area contributed by atoms with Crippen LogP contribution in [0.5, 0.6) is 5.75 Å². The molecule has 0 spiro atoms. The Morgan fingerprint density at radius 2 is 1.93 bits per heavy atom. The number of methoxy groups -OCH3 is 1. The first-order valence-electron chi connectivity index (χ1n) is 9.51. The molecule has 27 heavy (non-hydrogen) atoms. The number of rotatable bonds is 6. The number of nitrogens with zero attached hydrogens (tertiary/aromatic N) is 3. The van der Waals surface area contributed by atoms with Gasteiger partial charge in [0.1, 0.15) is 11.6 Å². The molecule has 1 amide bonds. The maximum absolute atomic E-state index is 12.2. The number of piperidine rings is 1. The average molecular weight is 367 g/mol. The standard InChI is InChI=1S/C20H25N5O2/c1-27-17-5-3-2-4-16(17)23-18-8-11-21-20(24-18)25-12-9-14(10-13-25)19(26)22-15-6-7-15/h2-5,8,11,14-15H,6-7,9-10,12-13H2,1H3,(H,22,26)(H,21,23,24). The molecule has 7 nitrogen and oxygen atoms in total. The van der Waals surface area contributed by atoms with Crippen LogP contribution in [0.3, 0.4) is 0 Å². The Kier molecular flexibility index (Phi) is 5.09. The van der Waals surface area contributed by atoms with Gasteiger partial charge < -0.3 is 20.3 Å². The van der Waals surface area contributed by atoms with Crippen LogP contribution in [0.15, 0.2) is 36.5 Å². The molecule has 0 bridgehead atoms. The van der Waals surface area contributed by atoms with E-state index in [1.165, 1.54) is 0 Å². The molecule has 0 radical (unpaired) electrons. The summed E-state index contributed by atoms with van der Waals surface area (Å²) < 4.78 is 5.38. The van der Waals surface area contributed by atoms with Crippen LogP contribution >= 0.6 is 0 Å². The van der Waals surface area contributed by atoms with Gasteiger partial charge in [-0.15, -0.1) is 0 Å². The summed E-state index contributed by atoms with van der Waals surface area (Å²) in [4.78, 5) is 23.4. The predicted molar refractivity (Wildman–Crippen MR) is 104 cm³/mol. The molecule has 4 rings (SSSR count). The number of hydrogen-bond donors (Lipinski definition) is 2. The lowest BCUT2D eigenvalue weighted by Crippen LogP contribution is -2.41. The number of para-hydroxylation sites is 2. The Hall–Kier alpha value is -2.83. The SMILES string of the molecule is COc1ccccc1Nc1ccnc(N2CCC(C(=O)NC3CC3)CC2)n1. The lowest BCUT2D eigenvalue weighted by Gasteiger charge is -2.31. The highest BCUT2D eigenvalue weighted by molar-refractivity contribution is 5.79. The van der Waals surface area contributed by atoms with Gasteiger partial charge in [0.15, 0.2) is 0 Å². The normalized spacial score (nSPS) is 17.4. The van der Waals surface area contributed by atoms with Crippen LogP contribution < -0.4 is 20.3 Å². The largest absolute Gasteiger partial charge is 0.495 e. The number of amides is 1. The number of ether oxygens (including phenoxy) is 1. The molecule has 1 aromatic carbocycles. The van der Waals surface area contributed by atoms with Gasteiger partial charge in [-0.2, -0.15) is 4.98 Å². The van der Waals surface area contributed by atoms with Crippen molar-refractivity contribution in [3.63, 3.8) is 0 Å². The number of aromatic nitrogens is 2. The van der Waals surface area contributed by atoms with Crippen molar-refractivity contribution >= 4 is 23.4 Å². The lowest BCUT2D eigenvalue weighted by molar-refractivity contribution is -0.125. The highest BCUT2D eigenvalue weighted by Gasteiger charge is 2.30. The van der Waals surface area contributed by atoms with Crippen LogP contribution in [-0.4, -0.2) is 42.1 Å². The molecular formula is C20H25N5O2. The maximum atomic E-state index is 12.2. The molecule has 0 atom stereocenters. The van der Waals surface area contributed by atoms with E-state index in [-0.39, 0.29) is 11.8 Å². The molecule has 2 N–H and O–H groups in total. The second-order valence-electron chi connectivity index (χ2n) is 7.11. The number of anilines is 3. The smallest absolute Gasteiger partial charge is 0.227 e. The van der Waals surface area contributed by atoms with E-state index in [1.807, 2.05) is 30.3 Å². The second-order valence-corrected chi connectivity index (χ2v) is 7.11. The zero-order chi connectivity index (χ0) is 18.6. The summed E-state index contributed by atoms with van der Waals surface area (Å²) in [6.45, 7) is 1.59. The Bertz CT molecular complexity index is 800. The molecule has 1 aliphatic carbocycles. The summed E-state index contributed by atoms with van der Waals surface area (Å²) in [6.07, 6.45) is 5.69. The molecule has 2 heterocycles. The first-order chi connectivity index (χ1) is 13.2.